The van der Waals surface area contributed by atoms with Gasteiger partial charge >= 0.3 is 0 Å². The molecule has 1 aliphatic carbocycles. The summed E-state index contributed by atoms with van der Waals surface area (Å²) in [6.07, 6.45) is 13.0. The molecule has 0 fully saturated rings. The number of anilines is 1. The van der Waals surface area contributed by atoms with Crippen molar-refractivity contribution in [3.05, 3.63) is 160 Å². The van der Waals surface area contributed by atoms with E-state index in [4.69, 9.17) is 4.74 Å². The van der Waals surface area contributed by atoms with Crippen molar-refractivity contribution in [2.45, 2.75) is 232 Å². The third kappa shape index (κ3) is 23.7. The number of hydrogen-bond donors (Lipinski definition) is 2. The molecule has 6 aromatic rings. The van der Waals surface area contributed by atoms with E-state index in [9.17, 15) is 0 Å². The zero-order valence-corrected chi connectivity index (χ0v) is 52.3. The number of nitrogens with one attached hydrogen (secondary N) is 2. The van der Waals surface area contributed by atoms with Crippen LogP contribution in [0.25, 0.3) is 5.65 Å². The fourth-order valence-electron chi connectivity index (χ4n) is 7.71. The second-order valence-electron chi connectivity index (χ2n) is 22.8. The van der Waals surface area contributed by atoms with Gasteiger partial charge in [0.15, 0.2) is 11.6 Å². The van der Waals surface area contributed by atoms with Gasteiger partial charge in [-0.05, 0) is 122 Å². The summed E-state index contributed by atoms with van der Waals surface area (Å²) in [6.45, 7) is 57.2. The molecule has 3 aromatic heterocycles. The summed E-state index contributed by atoms with van der Waals surface area (Å²) in [5.74, 6) is 1.74. The fourth-order valence-corrected chi connectivity index (χ4v) is 7.71. The minimum atomic E-state index is 0.128. The topological polar surface area (TPSA) is 63.5 Å². The lowest BCUT2D eigenvalue weighted by Crippen LogP contribution is -2.24. The Labute approximate surface area is 456 Å². The molecule has 0 spiro atoms. The molecule has 0 radical (unpaired) electrons. The number of aromatic nitrogens is 3. The molecule has 2 aliphatic heterocycles. The van der Waals surface area contributed by atoms with Gasteiger partial charge < -0.3 is 19.8 Å². The summed E-state index contributed by atoms with van der Waals surface area (Å²) in [4.78, 5) is 8.55. The first-order valence-corrected chi connectivity index (χ1v) is 28.7. The standard InChI is InChI=1S/C13H19N.C13H18.C11H16N2O.C11H14N2.C10H14.5C2H6/c1-13(2,3)12-5-4-11-9-14-7-6-10(11)8-12;1-13(2,3)12-8-7-10-5-4-6-11(10)9-12;1-11(2,3)8-6-9-10(13-7-8)12-4-5-14-9;1-11(2,3)9-4-5-10-12-6-7-13(10)8-9;1-10(2,3)9-7-5-4-6-8-9;5*1-2/h4-5,8,14H,6-7,9H2,1-3H3;7-9H,4-6H2,1-3H3;6-7H,4-5H2,1-3H3,(H,12,13);4-8H,1-3H3;4-8H,1-3H3;5*1-2H3. The number of aryl methyl sites for hydroxylation is 2. The van der Waals surface area contributed by atoms with Crippen LogP contribution in [-0.4, -0.2) is 34.1 Å². The van der Waals surface area contributed by atoms with E-state index >= 15 is 0 Å². The van der Waals surface area contributed by atoms with Gasteiger partial charge in [-0.1, -0.05) is 246 Å². The van der Waals surface area contributed by atoms with Crippen LogP contribution in [0.2, 0.25) is 0 Å². The Balaban J connectivity index is 0.000000865. The number of rotatable bonds is 0. The first-order chi connectivity index (χ1) is 34.9. The molecule has 9 rings (SSSR count). The first-order valence-electron chi connectivity index (χ1n) is 28.7. The van der Waals surface area contributed by atoms with Gasteiger partial charge in [-0.15, -0.1) is 0 Å². The Bertz CT molecular complexity index is 2320. The summed E-state index contributed by atoms with van der Waals surface area (Å²) in [5, 5.41) is 6.60. The van der Waals surface area contributed by atoms with Crippen LogP contribution in [0, 0.1) is 0 Å². The smallest absolute Gasteiger partial charge is 0.168 e. The van der Waals surface area contributed by atoms with Crippen molar-refractivity contribution in [2.24, 2.45) is 0 Å². The SMILES string of the molecule is CC.CC.CC.CC.CC.CC(C)(C)c1ccc2c(c1)CCC2.CC(C)(C)c1ccc2c(c1)CCNC2.CC(C)(C)c1ccc2nccn2c1.CC(C)(C)c1ccccc1.CC(C)(C)c1cnc2c(c1)OCCN2. The van der Waals surface area contributed by atoms with Crippen LogP contribution in [0.5, 0.6) is 5.75 Å². The normalized spacial score (nSPS) is 12.9. The van der Waals surface area contributed by atoms with E-state index in [1.165, 1.54) is 64.6 Å². The zero-order chi connectivity index (χ0) is 56.9. The molecule has 414 valence electrons. The summed E-state index contributed by atoms with van der Waals surface area (Å²) in [6, 6.07) is 30.8. The Morgan fingerprint density at radius 3 is 1.46 bits per heavy atom. The van der Waals surface area contributed by atoms with Gasteiger partial charge in [0, 0.05) is 31.3 Å². The quantitative estimate of drug-likeness (QED) is 0.159. The Kier molecular flexibility index (Phi) is 31.6. The van der Waals surface area contributed by atoms with Gasteiger partial charge in [-0.25, -0.2) is 9.97 Å². The second-order valence-corrected chi connectivity index (χ2v) is 22.8. The minimum Gasteiger partial charge on any atom is -0.488 e. The van der Waals surface area contributed by atoms with E-state index in [-0.39, 0.29) is 16.2 Å². The van der Waals surface area contributed by atoms with Crippen molar-refractivity contribution in [2.75, 3.05) is 25.0 Å². The van der Waals surface area contributed by atoms with Crippen LogP contribution < -0.4 is 15.4 Å². The second kappa shape index (κ2) is 33.9. The van der Waals surface area contributed by atoms with Crippen LogP contribution in [0.1, 0.15) is 230 Å². The van der Waals surface area contributed by atoms with E-state index in [0.29, 0.717) is 10.8 Å². The molecule has 0 bridgehead atoms. The maximum atomic E-state index is 5.53. The van der Waals surface area contributed by atoms with Crippen molar-refractivity contribution >= 4 is 11.5 Å². The number of nitrogens with zero attached hydrogens (tertiary/aromatic N) is 3. The molecule has 6 heteroatoms. The van der Waals surface area contributed by atoms with E-state index in [2.05, 4.69) is 220 Å². The minimum absolute atomic E-state index is 0.128. The van der Waals surface area contributed by atoms with E-state index in [0.717, 1.165) is 43.5 Å². The monoisotopic (exact) mass is 1010 g/mol. The zero-order valence-electron chi connectivity index (χ0n) is 52.3. The van der Waals surface area contributed by atoms with E-state index in [1.54, 1.807) is 11.1 Å². The van der Waals surface area contributed by atoms with Gasteiger partial charge in [-0.2, -0.15) is 0 Å². The largest absolute Gasteiger partial charge is 0.488 e. The first kappa shape index (κ1) is 69.1. The Hall–Kier alpha value is -4.94. The highest BCUT2D eigenvalue weighted by Gasteiger charge is 2.20. The maximum absolute atomic E-state index is 5.53. The molecule has 3 aromatic carbocycles. The summed E-state index contributed by atoms with van der Waals surface area (Å²) in [7, 11) is 0. The lowest BCUT2D eigenvalue weighted by Gasteiger charge is -2.23. The van der Waals surface area contributed by atoms with Crippen molar-refractivity contribution < 1.29 is 4.74 Å². The number of pyridine rings is 2. The number of fused-ring (bicyclic) bond motifs is 4. The average Bonchev–Trinajstić information content (AvgIpc) is 4.09. The third-order valence-corrected chi connectivity index (χ3v) is 12.2. The van der Waals surface area contributed by atoms with Gasteiger partial charge in [0.25, 0.3) is 0 Å². The number of hydrogen-bond acceptors (Lipinski definition) is 5. The molecular weight excluding hydrogens is 903 g/mol. The Morgan fingerprint density at radius 2 is 0.946 bits per heavy atom. The van der Waals surface area contributed by atoms with Gasteiger partial charge in [-0.3, -0.25) is 0 Å². The molecule has 0 saturated heterocycles. The summed E-state index contributed by atoms with van der Waals surface area (Å²) >= 11 is 0. The van der Waals surface area contributed by atoms with Crippen LogP contribution in [0.15, 0.2) is 110 Å². The fraction of sp³-hybridized carbons (Fsp3) is 0.559. The number of imidazole rings is 1. The van der Waals surface area contributed by atoms with E-state index in [1.807, 2.05) is 87.8 Å². The number of benzene rings is 3. The lowest BCUT2D eigenvalue weighted by molar-refractivity contribution is 0.320. The molecule has 2 N–H and O–H groups in total. The number of ether oxygens (including phenoxy) is 1. The van der Waals surface area contributed by atoms with Crippen molar-refractivity contribution in [3.8, 4) is 5.75 Å². The molecule has 0 saturated carbocycles. The van der Waals surface area contributed by atoms with Gasteiger partial charge in [0.05, 0.1) is 6.54 Å². The molecule has 0 unspecified atom stereocenters. The molecule has 6 nitrogen and oxygen atoms in total. The highest BCUT2D eigenvalue weighted by Crippen LogP contribution is 2.32. The van der Waals surface area contributed by atoms with Crippen molar-refractivity contribution in [1.82, 2.24) is 19.7 Å². The summed E-state index contributed by atoms with van der Waals surface area (Å²) < 4.78 is 7.59. The summed E-state index contributed by atoms with van der Waals surface area (Å²) in [5.41, 5.74) is 15.3. The van der Waals surface area contributed by atoms with Crippen molar-refractivity contribution in [3.63, 3.8) is 0 Å². The molecular formula is C68H111N5O. The van der Waals surface area contributed by atoms with Crippen LogP contribution in [0.4, 0.5) is 5.82 Å². The Morgan fingerprint density at radius 1 is 0.459 bits per heavy atom. The average molecular weight is 1010 g/mol. The molecule has 0 amide bonds. The molecule has 3 aliphatic rings. The molecule has 5 heterocycles. The third-order valence-electron chi connectivity index (χ3n) is 12.2. The predicted molar refractivity (Wildman–Crippen MR) is 330 cm³/mol. The van der Waals surface area contributed by atoms with Crippen molar-refractivity contribution in [1.29, 1.82) is 0 Å². The lowest BCUT2D eigenvalue weighted by atomic mass is 9.84. The maximum Gasteiger partial charge on any atom is 0.168 e. The highest BCUT2D eigenvalue weighted by molar-refractivity contribution is 5.53. The molecule has 74 heavy (non-hydrogen) atoms. The van der Waals surface area contributed by atoms with Crippen LogP contribution >= 0.6 is 0 Å². The van der Waals surface area contributed by atoms with Gasteiger partial charge in [0.1, 0.15) is 12.3 Å². The molecule has 0 atom stereocenters. The van der Waals surface area contributed by atoms with E-state index < -0.39 is 0 Å². The van der Waals surface area contributed by atoms with Crippen LogP contribution in [0.3, 0.4) is 0 Å². The van der Waals surface area contributed by atoms with Gasteiger partial charge in [0.2, 0.25) is 0 Å². The predicted octanol–water partition coefficient (Wildman–Crippen LogP) is 19.0. The van der Waals surface area contributed by atoms with Crippen LogP contribution in [-0.2, 0) is 52.9 Å². The highest BCUT2D eigenvalue weighted by atomic mass is 16.5.